The number of hydrogen-bond donors (Lipinski definition) is 3. The van der Waals surface area contributed by atoms with Gasteiger partial charge >= 0.3 is 0 Å². The first-order valence-corrected chi connectivity index (χ1v) is 14.2. The zero-order valence-electron chi connectivity index (χ0n) is 23.2. The Morgan fingerprint density at radius 1 is 1.10 bits per heavy atom. The molecular formula is C34H35F2N3O2. The second-order valence-corrected chi connectivity index (χ2v) is 11.0. The van der Waals surface area contributed by atoms with Gasteiger partial charge in [-0.05, 0) is 84.7 Å². The summed E-state index contributed by atoms with van der Waals surface area (Å²) in [5.74, 6) is 0.883. The monoisotopic (exact) mass is 555 g/mol. The van der Waals surface area contributed by atoms with E-state index in [1.54, 1.807) is 6.07 Å². The number of carbonyl (C=O) groups is 1. The summed E-state index contributed by atoms with van der Waals surface area (Å²) in [4.78, 5) is 13.5. The molecule has 5 nitrogen and oxygen atoms in total. The predicted molar refractivity (Wildman–Crippen MR) is 157 cm³/mol. The molecule has 1 aromatic heterocycles. The molecule has 7 heteroatoms. The van der Waals surface area contributed by atoms with Crippen LogP contribution in [0.15, 0.2) is 72.9 Å². The number of aliphatic hydroxyl groups is 1. The summed E-state index contributed by atoms with van der Waals surface area (Å²) < 4.78 is 30.1. The molecule has 0 saturated heterocycles. The smallest absolute Gasteiger partial charge is 0.251 e. The van der Waals surface area contributed by atoms with Crippen LogP contribution in [0.4, 0.5) is 8.78 Å². The number of halogens is 2. The van der Waals surface area contributed by atoms with Gasteiger partial charge in [-0.25, -0.2) is 8.78 Å². The number of benzene rings is 3. The molecule has 3 N–H and O–H groups in total. The number of aromatic nitrogens is 1. The fourth-order valence-corrected chi connectivity index (χ4v) is 5.41. The number of nitrogens with zero attached hydrogens (tertiary/aromatic N) is 1. The second kappa shape index (κ2) is 12.3. The highest BCUT2D eigenvalue weighted by atomic mass is 19.1. The molecule has 0 bridgehead atoms. The highest BCUT2D eigenvalue weighted by molar-refractivity contribution is 5.98. The van der Waals surface area contributed by atoms with E-state index in [0.717, 1.165) is 60.3 Å². The Labute approximate surface area is 239 Å². The lowest BCUT2D eigenvalue weighted by atomic mass is 9.98. The standard InChI is InChI=1S/C34H35F2N3O2/c1-3-5-14-39-15-11-25-9-10-26(20-31(25)39)33(41)38-30(19-24-17-28(35)21-29(36)18-24)32(40)22-37-34(12-13-34)27-8-6-7-23(4-2)16-27/h2,6-11,15-18,20-21,30,32,37,40H,3,5,12-14,19,22H2,1H3,(H,38,41)/t30-,32-/m0/s1. The van der Waals surface area contributed by atoms with Gasteiger partial charge in [-0.15, -0.1) is 6.42 Å². The molecule has 1 saturated carbocycles. The fourth-order valence-electron chi connectivity index (χ4n) is 5.41. The first-order chi connectivity index (χ1) is 19.8. The van der Waals surface area contributed by atoms with E-state index < -0.39 is 23.8 Å². The molecule has 1 aliphatic rings. The van der Waals surface area contributed by atoms with E-state index in [0.29, 0.717) is 11.1 Å². The van der Waals surface area contributed by atoms with Crippen molar-refractivity contribution in [3.05, 3.63) is 107 Å². The number of hydrogen-bond acceptors (Lipinski definition) is 3. The lowest BCUT2D eigenvalue weighted by Crippen LogP contribution is -2.50. The maximum absolute atomic E-state index is 14.0. The van der Waals surface area contributed by atoms with Gasteiger partial charge in [0, 0.05) is 47.5 Å². The maximum Gasteiger partial charge on any atom is 0.251 e. The molecule has 1 heterocycles. The van der Waals surface area contributed by atoms with Crippen molar-refractivity contribution in [3.63, 3.8) is 0 Å². The van der Waals surface area contributed by atoms with Crippen molar-refractivity contribution < 1.29 is 18.7 Å². The third-order valence-electron chi connectivity index (χ3n) is 7.93. The summed E-state index contributed by atoms with van der Waals surface area (Å²) in [6, 6.07) is 17.7. The highest BCUT2D eigenvalue weighted by Crippen LogP contribution is 2.45. The van der Waals surface area contributed by atoms with Crippen LogP contribution in [0.1, 0.15) is 59.7 Å². The number of rotatable bonds is 12. The van der Waals surface area contributed by atoms with Crippen LogP contribution in [-0.2, 0) is 18.5 Å². The molecule has 0 aliphatic heterocycles. The van der Waals surface area contributed by atoms with Crippen molar-refractivity contribution in [2.75, 3.05) is 6.54 Å². The molecule has 2 atom stereocenters. The molecule has 3 aromatic carbocycles. The molecule has 1 fully saturated rings. The minimum atomic E-state index is -1.03. The Morgan fingerprint density at radius 3 is 2.59 bits per heavy atom. The maximum atomic E-state index is 14.0. The molecule has 0 radical (unpaired) electrons. The van der Waals surface area contributed by atoms with Crippen LogP contribution in [0.3, 0.4) is 0 Å². The van der Waals surface area contributed by atoms with E-state index >= 15 is 0 Å². The van der Waals surface area contributed by atoms with Crippen molar-refractivity contribution in [2.45, 2.75) is 63.3 Å². The van der Waals surface area contributed by atoms with Gasteiger partial charge < -0.3 is 20.3 Å². The van der Waals surface area contributed by atoms with Crippen LogP contribution in [0, 0.1) is 24.0 Å². The third-order valence-corrected chi connectivity index (χ3v) is 7.93. The molecule has 1 aliphatic carbocycles. The summed E-state index contributed by atoms with van der Waals surface area (Å²) in [6.45, 7) is 3.16. The van der Waals surface area contributed by atoms with Gasteiger partial charge in [0.15, 0.2) is 0 Å². The molecule has 212 valence electrons. The lowest BCUT2D eigenvalue weighted by Gasteiger charge is -2.27. The lowest BCUT2D eigenvalue weighted by molar-refractivity contribution is 0.0822. The first-order valence-electron chi connectivity index (χ1n) is 14.2. The zero-order valence-corrected chi connectivity index (χ0v) is 23.2. The molecule has 0 unspecified atom stereocenters. The van der Waals surface area contributed by atoms with Gasteiger partial charge in [0.2, 0.25) is 0 Å². The van der Waals surface area contributed by atoms with Crippen LogP contribution >= 0.6 is 0 Å². The number of aliphatic hydroxyl groups excluding tert-OH is 1. The second-order valence-electron chi connectivity index (χ2n) is 11.0. The molecule has 41 heavy (non-hydrogen) atoms. The number of amides is 1. The van der Waals surface area contributed by atoms with E-state index in [1.165, 1.54) is 12.1 Å². The normalized spacial score (nSPS) is 15.3. The topological polar surface area (TPSA) is 66.3 Å². The van der Waals surface area contributed by atoms with E-state index in [4.69, 9.17) is 6.42 Å². The van der Waals surface area contributed by atoms with E-state index in [9.17, 15) is 18.7 Å². The summed E-state index contributed by atoms with van der Waals surface area (Å²) in [5, 5.41) is 18.8. The molecule has 0 spiro atoms. The fraction of sp³-hybridized carbons (Fsp3) is 0.324. The number of nitrogens with one attached hydrogen (secondary N) is 2. The largest absolute Gasteiger partial charge is 0.390 e. The van der Waals surface area contributed by atoms with Crippen molar-refractivity contribution in [1.82, 2.24) is 15.2 Å². The van der Waals surface area contributed by atoms with Gasteiger partial charge in [-0.1, -0.05) is 37.5 Å². The van der Waals surface area contributed by atoms with Crippen LogP contribution in [0.2, 0.25) is 0 Å². The number of carbonyl (C=O) groups excluding carboxylic acids is 1. The molecular weight excluding hydrogens is 520 g/mol. The minimum absolute atomic E-state index is 0.0535. The third kappa shape index (κ3) is 6.67. The Morgan fingerprint density at radius 2 is 1.88 bits per heavy atom. The zero-order chi connectivity index (χ0) is 29.0. The number of fused-ring (bicyclic) bond motifs is 1. The van der Waals surface area contributed by atoms with Gasteiger partial charge in [0.25, 0.3) is 5.91 Å². The average Bonchev–Trinajstić information content (AvgIpc) is 3.66. The Balaban J connectivity index is 1.35. The van der Waals surface area contributed by atoms with Gasteiger partial charge in [-0.3, -0.25) is 4.79 Å². The number of terminal acetylenes is 1. The average molecular weight is 556 g/mol. The SMILES string of the molecule is C#Cc1cccc(C2(NC[C@H](O)[C@H](Cc3cc(F)cc(F)c3)NC(=O)c3ccc4ccn(CCCC)c4c3)CC2)c1. The van der Waals surface area contributed by atoms with Crippen LogP contribution < -0.4 is 10.6 Å². The Hall–Kier alpha value is -3.99. The minimum Gasteiger partial charge on any atom is -0.390 e. The molecule has 5 rings (SSSR count). The van der Waals surface area contributed by atoms with Crippen LogP contribution in [-0.4, -0.2) is 34.3 Å². The van der Waals surface area contributed by atoms with Crippen molar-refractivity contribution in [2.24, 2.45) is 0 Å². The van der Waals surface area contributed by atoms with Gasteiger partial charge in [0.05, 0.1) is 12.1 Å². The number of aryl methyl sites for hydroxylation is 1. The van der Waals surface area contributed by atoms with Crippen molar-refractivity contribution in [3.8, 4) is 12.3 Å². The number of unbranched alkanes of at least 4 members (excludes halogenated alkanes) is 1. The summed E-state index contributed by atoms with van der Waals surface area (Å²) >= 11 is 0. The Bertz CT molecular complexity index is 1560. The van der Waals surface area contributed by atoms with E-state index in [2.05, 4.69) is 28.0 Å². The van der Waals surface area contributed by atoms with E-state index in [1.807, 2.05) is 48.7 Å². The van der Waals surface area contributed by atoms with E-state index in [-0.39, 0.29) is 24.4 Å². The molecule has 1 amide bonds. The van der Waals surface area contributed by atoms with Gasteiger partial charge in [-0.2, -0.15) is 0 Å². The van der Waals surface area contributed by atoms with Crippen molar-refractivity contribution >= 4 is 16.8 Å². The van der Waals surface area contributed by atoms with Crippen LogP contribution in [0.5, 0.6) is 0 Å². The summed E-state index contributed by atoms with van der Waals surface area (Å²) in [6.07, 6.45) is 10.5. The van der Waals surface area contributed by atoms with Gasteiger partial charge in [0.1, 0.15) is 11.6 Å². The first kappa shape index (κ1) is 28.5. The predicted octanol–water partition coefficient (Wildman–Crippen LogP) is 5.68. The van der Waals surface area contributed by atoms with Crippen LogP contribution in [0.25, 0.3) is 10.9 Å². The van der Waals surface area contributed by atoms with Crippen molar-refractivity contribution in [1.29, 1.82) is 0 Å². The quantitative estimate of drug-likeness (QED) is 0.197. The Kier molecular flexibility index (Phi) is 8.53. The summed E-state index contributed by atoms with van der Waals surface area (Å²) in [7, 11) is 0. The highest BCUT2D eigenvalue weighted by Gasteiger charge is 2.44. The molecule has 4 aromatic rings. The summed E-state index contributed by atoms with van der Waals surface area (Å²) in [5.41, 5.74) is 3.29.